The Morgan fingerprint density at radius 3 is 2.57 bits per heavy atom. The molecule has 3 atom stereocenters. The molecule has 1 aliphatic carbocycles. The molecule has 0 amide bonds. The van der Waals surface area contributed by atoms with Crippen LogP contribution in [0.4, 0.5) is 0 Å². The number of hydrogen-bond donors (Lipinski definition) is 2. The van der Waals surface area contributed by atoms with Gasteiger partial charge >= 0.3 is 5.97 Å². The zero-order chi connectivity index (χ0) is 20.4. The number of carboxylic acid groups (broad SMARTS) is 1. The first-order valence-corrected chi connectivity index (χ1v) is 11.2. The number of carboxylic acids is 1. The van der Waals surface area contributed by atoms with Gasteiger partial charge in [0.15, 0.2) is 6.61 Å². The lowest BCUT2D eigenvalue weighted by molar-refractivity contribution is -0.139. The van der Waals surface area contributed by atoms with Crippen molar-refractivity contribution < 1.29 is 19.7 Å². The van der Waals surface area contributed by atoms with Crippen LogP contribution in [0.15, 0.2) is 18.2 Å². The third kappa shape index (κ3) is 6.80. The van der Waals surface area contributed by atoms with E-state index in [9.17, 15) is 9.90 Å². The first-order valence-electron chi connectivity index (χ1n) is 11.2. The van der Waals surface area contributed by atoms with E-state index in [0.717, 1.165) is 37.7 Å². The Hall–Kier alpha value is -1.55. The highest BCUT2D eigenvalue weighted by Crippen LogP contribution is 2.39. The highest BCUT2D eigenvalue weighted by atomic mass is 16.5. The molecule has 0 spiro atoms. The van der Waals surface area contributed by atoms with Crippen LogP contribution >= 0.6 is 0 Å². The van der Waals surface area contributed by atoms with Crippen LogP contribution in [0.5, 0.6) is 5.75 Å². The molecular weight excluding hydrogens is 352 g/mol. The number of benzene rings is 1. The van der Waals surface area contributed by atoms with Gasteiger partial charge in [-0.05, 0) is 61.1 Å². The number of aliphatic hydroxyl groups is 1. The predicted octanol–water partition coefficient (Wildman–Crippen LogP) is 5.39. The van der Waals surface area contributed by atoms with Crippen LogP contribution in [0.25, 0.3) is 0 Å². The average Bonchev–Trinajstić information content (AvgIpc) is 3.02. The Labute approximate surface area is 170 Å². The maximum Gasteiger partial charge on any atom is 0.341 e. The summed E-state index contributed by atoms with van der Waals surface area (Å²) in [6.07, 6.45) is 12.4. The Bertz CT molecular complexity index is 598. The minimum Gasteiger partial charge on any atom is -0.482 e. The van der Waals surface area contributed by atoms with Gasteiger partial charge in [0.2, 0.25) is 0 Å². The molecule has 4 nitrogen and oxygen atoms in total. The van der Waals surface area contributed by atoms with Crippen molar-refractivity contribution in [3.05, 3.63) is 29.3 Å². The molecule has 0 heterocycles. The molecule has 1 unspecified atom stereocenters. The van der Waals surface area contributed by atoms with Gasteiger partial charge in [-0.25, -0.2) is 4.79 Å². The molecule has 0 radical (unpaired) electrons. The van der Waals surface area contributed by atoms with Crippen molar-refractivity contribution in [2.45, 2.75) is 90.6 Å². The molecule has 4 heteroatoms. The quantitative estimate of drug-likeness (QED) is 0.443. The van der Waals surface area contributed by atoms with Crippen LogP contribution in [0.1, 0.15) is 82.8 Å². The summed E-state index contributed by atoms with van der Waals surface area (Å²) in [7, 11) is 0. The molecule has 1 saturated carbocycles. The highest BCUT2D eigenvalue weighted by Gasteiger charge is 2.34. The number of aliphatic carboxylic acids is 1. The summed E-state index contributed by atoms with van der Waals surface area (Å²) in [5.41, 5.74) is 2.36. The second kappa shape index (κ2) is 12.1. The van der Waals surface area contributed by atoms with Gasteiger partial charge in [-0.1, -0.05) is 64.5 Å². The molecule has 2 rings (SSSR count). The molecule has 1 fully saturated rings. The largest absolute Gasteiger partial charge is 0.482 e. The van der Waals surface area contributed by atoms with Gasteiger partial charge in [0.25, 0.3) is 0 Å². The number of aliphatic hydroxyl groups excluding tert-OH is 1. The maximum atomic E-state index is 10.8. The monoisotopic (exact) mass is 390 g/mol. The lowest BCUT2D eigenvalue weighted by Gasteiger charge is -2.24. The minimum atomic E-state index is -0.953. The lowest BCUT2D eigenvalue weighted by atomic mass is 9.83. The third-order valence-electron chi connectivity index (χ3n) is 6.24. The van der Waals surface area contributed by atoms with Gasteiger partial charge in [-0.2, -0.15) is 0 Å². The Kier molecular flexibility index (Phi) is 9.83. The Morgan fingerprint density at radius 1 is 1.11 bits per heavy atom. The first kappa shape index (κ1) is 22.7. The summed E-state index contributed by atoms with van der Waals surface area (Å²) in [6.45, 7) is 4.02. The summed E-state index contributed by atoms with van der Waals surface area (Å²) in [6, 6.07) is 5.96. The summed E-state index contributed by atoms with van der Waals surface area (Å²) >= 11 is 0. The second-order valence-electron chi connectivity index (χ2n) is 8.26. The van der Waals surface area contributed by atoms with E-state index in [1.54, 1.807) is 0 Å². The highest BCUT2D eigenvalue weighted by molar-refractivity contribution is 5.68. The molecule has 0 bridgehead atoms. The standard InChI is InChI=1S/C24H38O4/c1-3-5-6-7-8-9-12-21-19(14-15-22(21)25)16-18-11-10-13-23(20(18)4-2)28-17-24(26)27/h10-11,13,19,21-22,25H,3-9,12,14-17H2,1-2H3,(H,26,27)/t19-,21?,22-/m1/s1. The maximum absolute atomic E-state index is 10.8. The zero-order valence-corrected chi connectivity index (χ0v) is 17.7. The van der Waals surface area contributed by atoms with Crippen molar-refractivity contribution in [1.82, 2.24) is 0 Å². The number of ether oxygens (including phenoxy) is 1. The van der Waals surface area contributed by atoms with Crippen molar-refractivity contribution in [3.8, 4) is 5.75 Å². The summed E-state index contributed by atoms with van der Waals surface area (Å²) in [5.74, 6) is 0.629. The molecule has 2 N–H and O–H groups in total. The minimum absolute atomic E-state index is 0.169. The van der Waals surface area contributed by atoms with Gasteiger partial charge in [0.1, 0.15) is 5.75 Å². The van der Waals surface area contributed by atoms with E-state index in [0.29, 0.717) is 17.6 Å². The summed E-state index contributed by atoms with van der Waals surface area (Å²) in [4.78, 5) is 10.8. The SMILES string of the molecule is CCCCCCCCC1[C@@H](Cc2cccc(OCC(=O)O)c2CC)CC[C@H]1O. The number of hydrogen-bond acceptors (Lipinski definition) is 3. The molecule has 0 saturated heterocycles. The molecule has 1 aromatic carbocycles. The van der Waals surface area contributed by atoms with Gasteiger partial charge in [-0.3, -0.25) is 0 Å². The second-order valence-corrected chi connectivity index (χ2v) is 8.26. The molecule has 0 aliphatic heterocycles. The summed E-state index contributed by atoms with van der Waals surface area (Å²) < 4.78 is 5.51. The smallest absolute Gasteiger partial charge is 0.341 e. The van der Waals surface area contributed by atoms with E-state index < -0.39 is 5.97 Å². The average molecular weight is 391 g/mol. The summed E-state index contributed by atoms with van der Waals surface area (Å²) in [5, 5.41) is 19.4. The van der Waals surface area contributed by atoms with E-state index in [4.69, 9.17) is 9.84 Å². The van der Waals surface area contributed by atoms with E-state index >= 15 is 0 Å². The van der Waals surface area contributed by atoms with Gasteiger partial charge in [0.05, 0.1) is 6.10 Å². The van der Waals surface area contributed by atoms with Gasteiger partial charge in [0, 0.05) is 0 Å². The fraction of sp³-hybridized carbons (Fsp3) is 0.708. The van der Waals surface area contributed by atoms with E-state index in [-0.39, 0.29) is 12.7 Å². The number of carbonyl (C=O) groups is 1. The topological polar surface area (TPSA) is 66.8 Å². The number of unbranched alkanes of at least 4 members (excludes halogenated alkanes) is 5. The molecule has 28 heavy (non-hydrogen) atoms. The Morgan fingerprint density at radius 2 is 1.86 bits per heavy atom. The van der Waals surface area contributed by atoms with Crippen LogP contribution in [-0.4, -0.2) is 28.9 Å². The van der Waals surface area contributed by atoms with Crippen LogP contribution < -0.4 is 4.74 Å². The molecule has 1 aliphatic rings. The molecule has 158 valence electrons. The molecular formula is C24H38O4. The first-order chi connectivity index (χ1) is 13.6. The fourth-order valence-corrected chi connectivity index (χ4v) is 4.73. The Balaban J connectivity index is 1.96. The predicted molar refractivity (Wildman–Crippen MR) is 113 cm³/mol. The number of rotatable bonds is 13. The van der Waals surface area contributed by atoms with Crippen molar-refractivity contribution in [2.75, 3.05) is 6.61 Å². The third-order valence-corrected chi connectivity index (χ3v) is 6.24. The van der Waals surface area contributed by atoms with Crippen molar-refractivity contribution in [2.24, 2.45) is 11.8 Å². The van der Waals surface area contributed by atoms with Crippen LogP contribution in [0, 0.1) is 11.8 Å². The lowest BCUT2D eigenvalue weighted by Crippen LogP contribution is -2.21. The van der Waals surface area contributed by atoms with Crippen molar-refractivity contribution in [1.29, 1.82) is 0 Å². The van der Waals surface area contributed by atoms with Gasteiger partial charge in [-0.15, -0.1) is 0 Å². The van der Waals surface area contributed by atoms with Crippen LogP contribution in [0.2, 0.25) is 0 Å². The fourth-order valence-electron chi connectivity index (χ4n) is 4.73. The zero-order valence-electron chi connectivity index (χ0n) is 17.7. The van der Waals surface area contributed by atoms with E-state index in [1.165, 1.54) is 44.1 Å². The van der Waals surface area contributed by atoms with E-state index in [1.807, 2.05) is 12.1 Å². The van der Waals surface area contributed by atoms with Gasteiger partial charge < -0.3 is 14.9 Å². The normalized spacial score (nSPS) is 21.8. The van der Waals surface area contributed by atoms with Crippen molar-refractivity contribution >= 4 is 5.97 Å². The van der Waals surface area contributed by atoms with E-state index in [2.05, 4.69) is 19.9 Å². The molecule has 0 aromatic heterocycles. The van der Waals surface area contributed by atoms with Crippen molar-refractivity contribution in [3.63, 3.8) is 0 Å². The van der Waals surface area contributed by atoms with Crippen LogP contribution in [-0.2, 0) is 17.6 Å². The molecule has 1 aromatic rings. The van der Waals surface area contributed by atoms with Crippen LogP contribution in [0.3, 0.4) is 0 Å².